The predicted octanol–water partition coefficient (Wildman–Crippen LogP) is 10.4. The van der Waals surface area contributed by atoms with E-state index < -0.39 is 5.97 Å². The third-order valence-corrected chi connectivity index (χ3v) is 7.54. The molecule has 4 heteroatoms. The smallest absolute Gasteiger partial charge is 0.312 e. The first-order valence-electron chi connectivity index (χ1n) is 15.5. The van der Waals surface area contributed by atoms with Crippen LogP contribution in [0, 0.1) is 17.3 Å². The maximum absolute atomic E-state index is 13.1. The van der Waals surface area contributed by atoms with Crippen molar-refractivity contribution in [2.75, 3.05) is 0 Å². The maximum Gasteiger partial charge on any atom is 0.312 e. The van der Waals surface area contributed by atoms with Crippen LogP contribution in [0.4, 0.5) is 0 Å². The fraction of sp³-hybridized carbons (Fsp3) is 0.938. The quantitative estimate of drug-likeness (QED) is 0.116. The molecule has 0 radical (unpaired) electrons. The van der Waals surface area contributed by atoms with Crippen LogP contribution in [0.2, 0.25) is 0 Å². The van der Waals surface area contributed by atoms with Gasteiger partial charge >= 0.3 is 11.9 Å². The lowest BCUT2D eigenvalue weighted by Crippen LogP contribution is -2.34. The van der Waals surface area contributed by atoms with Crippen molar-refractivity contribution in [3.8, 4) is 0 Å². The fourth-order valence-corrected chi connectivity index (χ4v) is 4.70. The van der Waals surface area contributed by atoms with Crippen LogP contribution in [0.1, 0.15) is 171 Å². The number of carboxylic acids is 1. The van der Waals surface area contributed by atoms with Crippen LogP contribution < -0.4 is 0 Å². The third kappa shape index (κ3) is 20.0. The summed E-state index contributed by atoms with van der Waals surface area (Å²) in [7, 11) is 0. The molecule has 0 aromatic rings. The summed E-state index contributed by atoms with van der Waals surface area (Å²) >= 11 is 0. The number of carboxylic acid groups (broad SMARTS) is 1. The Bertz CT molecular complexity index is 518. The zero-order valence-corrected chi connectivity index (χ0v) is 25.6. The van der Waals surface area contributed by atoms with Crippen molar-refractivity contribution in [2.45, 2.75) is 177 Å². The largest absolute Gasteiger partial charge is 0.481 e. The Hall–Kier alpha value is -1.06. The summed E-state index contributed by atoms with van der Waals surface area (Å²) in [5.74, 6) is -0.122. The van der Waals surface area contributed by atoms with Crippen molar-refractivity contribution in [1.82, 2.24) is 0 Å². The molecule has 0 spiro atoms. The molecule has 0 heterocycles. The van der Waals surface area contributed by atoms with E-state index in [4.69, 9.17) is 9.84 Å². The molecule has 0 aliphatic carbocycles. The zero-order valence-electron chi connectivity index (χ0n) is 25.6. The topological polar surface area (TPSA) is 63.6 Å². The van der Waals surface area contributed by atoms with Gasteiger partial charge in [0.25, 0.3) is 0 Å². The average Bonchev–Trinajstić information content (AvgIpc) is 2.85. The molecule has 0 saturated carbocycles. The van der Waals surface area contributed by atoms with E-state index in [1.807, 2.05) is 0 Å². The summed E-state index contributed by atoms with van der Waals surface area (Å²) in [6, 6.07) is 0. The zero-order chi connectivity index (χ0) is 27.8. The molecule has 36 heavy (non-hydrogen) atoms. The number of aliphatic carboxylic acids is 1. The normalized spacial score (nSPS) is 15.2. The lowest BCUT2D eigenvalue weighted by molar-refractivity contribution is -0.162. The highest BCUT2D eigenvalue weighted by Crippen LogP contribution is 2.37. The van der Waals surface area contributed by atoms with Gasteiger partial charge in [-0.2, -0.15) is 0 Å². The first kappa shape index (κ1) is 37.1. The Labute approximate surface area is 225 Å². The lowest BCUT2D eigenvalue weighted by Gasteiger charge is -2.32. The second-order valence-electron chi connectivity index (χ2n) is 11.4. The van der Waals surface area contributed by atoms with Crippen molar-refractivity contribution in [1.29, 1.82) is 0 Å². The number of ether oxygens (including phenoxy) is 1. The van der Waals surface area contributed by atoms with E-state index in [1.165, 1.54) is 64.2 Å². The fourth-order valence-electron chi connectivity index (χ4n) is 4.70. The van der Waals surface area contributed by atoms with Crippen molar-refractivity contribution in [3.05, 3.63) is 0 Å². The van der Waals surface area contributed by atoms with Crippen LogP contribution in [0.15, 0.2) is 0 Å². The standard InChI is InChI=1S/C24H48O2.C8H16O2/c1-7-11-14-15-17-21(5)26-23(25)24(6,19-16-12-8-2)20-22(10-4)18-13-9-3;1-3-4-5-6-7(2)8(9)10/h21-22H,7-20H2,1-6H3;7H,3-6H2,1-2H3,(H,9,10). The molecule has 0 bridgehead atoms. The van der Waals surface area contributed by atoms with Gasteiger partial charge in [0.05, 0.1) is 17.4 Å². The van der Waals surface area contributed by atoms with Crippen LogP contribution in [-0.2, 0) is 14.3 Å². The van der Waals surface area contributed by atoms with E-state index in [2.05, 4.69) is 48.5 Å². The van der Waals surface area contributed by atoms with Gasteiger partial charge in [0.15, 0.2) is 0 Å². The Kier molecular flexibility index (Phi) is 25.0. The highest BCUT2D eigenvalue weighted by atomic mass is 16.5. The van der Waals surface area contributed by atoms with Crippen LogP contribution in [0.25, 0.3) is 0 Å². The second kappa shape index (κ2) is 24.3. The van der Waals surface area contributed by atoms with Gasteiger partial charge < -0.3 is 9.84 Å². The molecule has 0 fully saturated rings. The second-order valence-corrected chi connectivity index (χ2v) is 11.4. The molecular formula is C32H64O4. The minimum atomic E-state index is -0.670. The lowest BCUT2D eigenvalue weighted by atomic mass is 9.75. The molecule has 0 aromatic carbocycles. The Morgan fingerprint density at radius 2 is 1.25 bits per heavy atom. The highest BCUT2D eigenvalue weighted by molar-refractivity contribution is 5.76. The van der Waals surface area contributed by atoms with Gasteiger partial charge in [-0.15, -0.1) is 0 Å². The van der Waals surface area contributed by atoms with Gasteiger partial charge in [0, 0.05) is 0 Å². The molecule has 4 unspecified atom stereocenters. The number of hydrogen-bond acceptors (Lipinski definition) is 3. The highest BCUT2D eigenvalue weighted by Gasteiger charge is 2.37. The number of esters is 1. The van der Waals surface area contributed by atoms with Crippen LogP contribution in [0.5, 0.6) is 0 Å². The number of unbranched alkanes of at least 4 members (excludes halogenated alkanes) is 8. The molecule has 0 aliphatic heterocycles. The van der Waals surface area contributed by atoms with Crippen molar-refractivity contribution >= 4 is 11.9 Å². The molecule has 216 valence electrons. The summed E-state index contributed by atoms with van der Waals surface area (Å²) in [6.07, 6.45) is 20.6. The monoisotopic (exact) mass is 512 g/mol. The minimum Gasteiger partial charge on any atom is -0.481 e. The van der Waals surface area contributed by atoms with Gasteiger partial charge in [0.1, 0.15) is 0 Å². The van der Waals surface area contributed by atoms with E-state index in [-0.39, 0.29) is 23.4 Å². The molecule has 1 N–H and O–H groups in total. The first-order valence-corrected chi connectivity index (χ1v) is 15.5. The van der Waals surface area contributed by atoms with Crippen molar-refractivity contribution in [2.24, 2.45) is 17.3 Å². The predicted molar refractivity (Wildman–Crippen MR) is 155 cm³/mol. The summed E-state index contributed by atoms with van der Waals surface area (Å²) in [6.45, 7) is 17.1. The van der Waals surface area contributed by atoms with Gasteiger partial charge in [-0.1, -0.05) is 125 Å². The van der Waals surface area contributed by atoms with Crippen LogP contribution >= 0.6 is 0 Å². The molecule has 0 aromatic heterocycles. The van der Waals surface area contributed by atoms with E-state index in [0.717, 1.165) is 51.4 Å². The summed E-state index contributed by atoms with van der Waals surface area (Å²) in [4.78, 5) is 23.4. The van der Waals surface area contributed by atoms with Crippen molar-refractivity contribution in [3.63, 3.8) is 0 Å². The minimum absolute atomic E-state index is 0.0561. The Morgan fingerprint density at radius 3 is 1.78 bits per heavy atom. The Balaban J connectivity index is 0. The van der Waals surface area contributed by atoms with Crippen LogP contribution in [0.3, 0.4) is 0 Å². The maximum atomic E-state index is 13.1. The average molecular weight is 513 g/mol. The molecule has 0 saturated heterocycles. The van der Waals surface area contributed by atoms with Crippen molar-refractivity contribution < 1.29 is 19.4 Å². The molecule has 0 amide bonds. The van der Waals surface area contributed by atoms with Gasteiger partial charge in [-0.3, -0.25) is 9.59 Å². The third-order valence-electron chi connectivity index (χ3n) is 7.54. The van der Waals surface area contributed by atoms with Crippen LogP contribution in [-0.4, -0.2) is 23.1 Å². The molecular weight excluding hydrogens is 448 g/mol. The van der Waals surface area contributed by atoms with Gasteiger partial charge in [0.2, 0.25) is 0 Å². The summed E-state index contributed by atoms with van der Waals surface area (Å²) in [5, 5.41) is 8.48. The molecule has 4 atom stereocenters. The van der Waals surface area contributed by atoms with E-state index >= 15 is 0 Å². The van der Waals surface area contributed by atoms with E-state index in [0.29, 0.717) is 5.92 Å². The van der Waals surface area contributed by atoms with E-state index in [9.17, 15) is 9.59 Å². The summed E-state index contributed by atoms with van der Waals surface area (Å²) < 4.78 is 5.94. The number of rotatable bonds is 22. The Morgan fingerprint density at radius 1 is 0.722 bits per heavy atom. The van der Waals surface area contributed by atoms with E-state index in [1.54, 1.807) is 6.92 Å². The van der Waals surface area contributed by atoms with Gasteiger partial charge in [-0.05, 0) is 51.9 Å². The number of hydrogen-bond donors (Lipinski definition) is 1. The molecule has 4 nitrogen and oxygen atoms in total. The molecule has 0 rings (SSSR count). The molecule has 0 aliphatic rings. The SMILES string of the molecule is CCCCCC(C)C(=O)O.CCCCCCC(C)OC(=O)C(C)(CCCCC)CC(CC)CCCC. The number of carbonyl (C=O) groups excluding carboxylic acids is 1. The summed E-state index contributed by atoms with van der Waals surface area (Å²) in [5.41, 5.74) is -0.304. The number of carbonyl (C=O) groups is 2. The first-order chi connectivity index (χ1) is 17.1. The van der Waals surface area contributed by atoms with Gasteiger partial charge in [-0.25, -0.2) is 0 Å².